The van der Waals surface area contributed by atoms with Crippen LogP contribution in [-0.4, -0.2) is 55.8 Å². The smallest absolute Gasteiger partial charge is 0.252 e. The summed E-state index contributed by atoms with van der Waals surface area (Å²) in [6.07, 6.45) is 2.66. The lowest BCUT2D eigenvalue weighted by Gasteiger charge is -2.32. The van der Waals surface area contributed by atoms with E-state index in [9.17, 15) is 18.0 Å². The van der Waals surface area contributed by atoms with E-state index in [1.165, 1.54) is 22.5 Å². The zero-order valence-corrected chi connectivity index (χ0v) is 21.0. The summed E-state index contributed by atoms with van der Waals surface area (Å²) in [4.78, 5) is 30.3. The number of sulfonamides is 1. The van der Waals surface area contributed by atoms with Gasteiger partial charge in [0.05, 0.1) is 10.5 Å². The second-order valence-electron chi connectivity index (χ2n) is 8.89. The summed E-state index contributed by atoms with van der Waals surface area (Å²) in [6, 6.07) is 15.6. The van der Waals surface area contributed by atoms with E-state index < -0.39 is 21.5 Å². The third-order valence-corrected chi connectivity index (χ3v) is 8.59. The van der Waals surface area contributed by atoms with E-state index in [0.29, 0.717) is 30.5 Å². The van der Waals surface area contributed by atoms with E-state index in [1.54, 1.807) is 6.07 Å². The maximum absolute atomic E-state index is 13.4. The Kier molecular flexibility index (Phi) is 7.57. The van der Waals surface area contributed by atoms with Crippen molar-refractivity contribution in [2.45, 2.75) is 44.0 Å². The lowest BCUT2D eigenvalue weighted by atomic mass is 10.1. The van der Waals surface area contributed by atoms with Gasteiger partial charge >= 0.3 is 0 Å². The van der Waals surface area contributed by atoms with E-state index in [0.717, 1.165) is 31.5 Å². The van der Waals surface area contributed by atoms with Crippen molar-refractivity contribution in [2.75, 3.05) is 31.1 Å². The summed E-state index contributed by atoms with van der Waals surface area (Å²) < 4.78 is 28.2. The maximum atomic E-state index is 13.4. The number of benzene rings is 2. The minimum atomic E-state index is -3.71. The van der Waals surface area contributed by atoms with E-state index in [2.05, 4.69) is 15.2 Å². The zero-order chi connectivity index (χ0) is 25.0. The molecule has 1 saturated heterocycles. The number of hydrogen-bond acceptors (Lipinski definition) is 5. The lowest BCUT2D eigenvalue weighted by Crippen LogP contribution is -2.41. The van der Waals surface area contributed by atoms with Crippen LogP contribution in [0.4, 0.5) is 5.69 Å². The van der Waals surface area contributed by atoms with Crippen LogP contribution in [0.5, 0.6) is 0 Å². The normalized spacial score (nSPS) is 16.8. The lowest BCUT2D eigenvalue weighted by molar-refractivity contribution is 0.0956. The number of aromatic amines is 1. The number of anilines is 1. The van der Waals surface area contributed by atoms with Crippen LogP contribution in [0.3, 0.4) is 0 Å². The predicted molar refractivity (Wildman–Crippen MR) is 138 cm³/mol. The Balaban J connectivity index is 1.58. The molecular weight excluding hydrogens is 464 g/mol. The van der Waals surface area contributed by atoms with E-state index in [1.807, 2.05) is 44.2 Å². The Morgan fingerprint density at radius 2 is 1.91 bits per heavy atom. The average molecular weight is 497 g/mol. The molecular formula is C26H32N4O4S. The van der Waals surface area contributed by atoms with Crippen molar-refractivity contribution in [2.24, 2.45) is 0 Å². The quantitative estimate of drug-likeness (QED) is 0.498. The monoisotopic (exact) mass is 496 g/mol. The highest BCUT2D eigenvalue weighted by Crippen LogP contribution is 2.27. The van der Waals surface area contributed by atoms with Crippen molar-refractivity contribution in [1.29, 1.82) is 0 Å². The van der Waals surface area contributed by atoms with Gasteiger partial charge in [-0.25, -0.2) is 8.42 Å². The highest BCUT2D eigenvalue weighted by Gasteiger charge is 2.31. The molecule has 4 rings (SSSR count). The largest absolute Gasteiger partial charge is 0.370 e. The number of fused-ring (bicyclic) bond motifs is 1. The molecule has 2 heterocycles. The summed E-state index contributed by atoms with van der Waals surface area (Å²) in [6.45, 7) is 6.20. The van der Waals surface area contributed by atoms with Crippen molar-refractivity contribution in [3.63, 3.8) is 0 Å². The van der Waals surface area contributed by atoms with Crippen LogP contribution in [0.25, 0.3) is 10.9 Å². The molecule has 1 aliphatic rings. The summed E-state index contributed by atoms with van der Waals surface area (Å²) in [7, 11) is -3.71. The molecule has 8 nitrogen and oxygen atoms in total. The second-order valence-corrected chi connectivity index (χ2v) is 10.8. The Labute approximate surface area is 206 Å². The van der Waals surface area contributed by atoms with Gasteiger partial charge in [-0.2, -0.15) is 4.31 Å². The highest BCUT2D eigenvalue weighted by molar-refractivity contribution is 7.89. The fraction of sp³-hybridized carbons (Fsp3) is 0.385. The van der Waals surface area contributed by atoms with Crippen LogP contribution in [0.1, 0.15) is 43.5 Å². The standard InChI is InChI=1S/C26H32N4O4S/c1-3-29(20-10-5-4-6-11-20)16-14-27-26(32)23-18-25(31)28-24-13-12-21(17-22(23)24)35(33,34)30-15-8-7-9-19(30)2/h4-6,10-13,17-19H,3,7-9,14-16H2,1-2H3,(H,27,32)(H,28,31)/t19-/m1/s1. The molecule has 186 valence electrons. The van der Waals surface area contributed by atoms with Crippen molar-refractivity contribution < 1.29 is 13.2 Å². The number of para-hydroxylation sites is 1. The number of nitrogens with one attached hydrogen (secondary N) is 2. The number of aromatic nitrogens is 1. The molecule has 0 saturated carbocycles. The highest BCUT2D eigenvalue weighted by atomic mass is 32.2. The molecule has 0 radical (unpaired) electrons. The van der Waals surface area contributed by atoms with Crippen molar-refractivity contribution in [1.82, 2.24) is 14.6 Å². The first-order valence-corrected chi connectivity index (χ1v) is 13.5. The summed E-state index contributed by atoms with van der Waals surface area (Å²) in [5.41, 5.74) is 1.23. The number of rotatable bonds is 8. The number of carbonyl (C=O) groups excluding carboxylic acids is 1. The number of H-pyrrole nitrogens is 1. The second kappa shape index (κ2) is 10.6. The first-order chi connectivity index (χ1) is 16.8. The van der Waals surface area contributed by atoms with E-state index in [4.69, 9.17) is 0 Å². The number of pyridine rings is 1. The van der Waals surface area contributed by atoms with Crippen LogP contribution >= 0.6 is 0 Å². The van der Waals surface area contributed by atoms with Crippen LogP contribution in [-0.2, 0) is 10.0 Å². The molecule has 0 aliphatic carbocycles. The Bertz CT molecular complexity index is 1350. The molecule has 9 heteroatoms. The minimum absolute atomic E-state index is 0.0751. The number of amides is 1. The summed E-state index contributed by atoms with van der Waals surface area (Å²) >= 11 is 0. The van der Waals surface area contributed by atoms with Gasteiger partial charge in [-0.3, -0.25) is 9.59 Å². The molecule has 1 fully saturated rings. The molecule has 0 spiro atoms. The molecule has 3 aromatic rings. The van der Waals surface area contributed by atoms with Gasteiger partial charge in [-0.1, -0.05) is 24.6 Å². The number of likely N-dealkylation sites (N-methyl/N-ethyl adjacent to an activating group) is 1. The minimum Gasteiger partial charge on any atom is -0.370 e. The number of hydrogen-bond donors (Lipinski definition) is 2. The van der Waals surface area contributed by atoms with Gasteiger partial charge in [0.2, 0.25) is 15.6 Å². The van der Waals surface area contributed by atoms with Gasteiger partial charge in [0.25, 0.3) is 5.91 Å². The topological polar surface area (TPSA) is 103 Å². The third kappa shape index (κ3) is 5.41. The third-order valence-electron chi connectivity index (χ3n) is 6.58. The summed E-state index contributed by atoms with van der Waals surface area (Å²) in [5.74, 6) is -0.411. The number of nitrogens with zero attached hydrogens (tertiary/aromatic N) is 2. The van der Waals surface area contributed by atoms with Crippen LogP contribution in [0.15, 0.2) is 64.3 Å². The molecule has 1 aromatic heterocycles. The Hall–Kier alpha value is -3.17. The molecule has 1 aliphatic heterocycles. The van der Waals surface area contributed by atoms with Gasteiger partial charge < -0.3 is 15.2 Å². The number of piperidine rings is 1. The number of carbonyl (C=O) groups is 1. The van der Waals surface area contributed by atoms with Gasteiger partial charge in [0, 0.05) is 54.9 Å². The molecule has 0 unspecified atom stereocenters. The first-order valence-electron chi connectivity index (χ1n) is 12.1. The fourth-order valence-corrected chi connectivity index (χ4v) is 6.38. The molecule has 2 aromatic carbocycles. The van der Waals surface area contributed by atoms with Gasteiger partial charge in [-0.05, 0) is 57.0 Å². The fourth-order valence-electron chi connectivity index (χ4n) is 4.65. The molecule has 35 heavy (non-hydrogen) atoms. The molecule has 1 atom stereocenters. The van der Waals surface area contributed by atoms with Gasteiger partial charge in [0.1, 0.15) is 0 Å². The zero-order valence-electron chi connectivity index (χ0n) is 20.2. The Morgan fingerprint density at radius 3 is 2.63 bits per heavy atom. The summed E-state index contributed by atoms with van der Waals surface area (Å²) in [5, 5.41) is 3.29. The van der Waals surface area contributed by atoms with Crippen LogP contribution in [0.2, 0.25) is 0 Å². The van der Waals surface area contributed by atoms with Gasteiger partial charge in [0.15, 0.2) is 0 Å². The Morgan fingerprint density at radius 1 is 1.14 bits per heavy atom. The SMILES string of the molecule is CCN(CCNC(=O)c1cc(=O)[nH]c2ccc(S(=O)(=O)N3CCCC[C@H]3C)cc12)c1ccccc1. The molecule has 0 bridgehead atoms. The molecule has 2 N–H and O–H groups in total. The van der Waals surface area contributed by atoms with Crippen molar-refractivity contribution in [3.8, 4) is 0 Å². The van der Waals surface area contributed by atoms with Crippen LogP contribution in [0, 0.1) is 0 Å². The predicted octanol–water partition coefficient (Wildman–Crippen LogP) is 3.35. The average Bonchev–Trinajstić information content (AvgIpc) is 2.86. The van der Waals surface area contributed by atoms with Crippen molar-refractivity contribution >= 4 is 32.5 Å². The van der Waals surface area contributed by atoms with Crippen LogP contribution < -0.4 is 15.8 Å². The van der Waals surface area contributed by atoms with E-state index >= 15 is 0 Å². The maximum Gasteiger partial charge on any atom is 0.252 e. The van der Waals surface area contributed by atoms with E-state index in [-0.39, 0.29) is 16.5 Å². The molecule has 1 amide bonds. The van der Waals surface area contributed by atoms with Crippen molar-refractivity contribution in [3.05, 3.63) is 70.5 Å². The first kappa shape index (κ1) is 24.9. The van der Waals surface area contributed by atoms with Gasteiger partial charge in [-0.15, -0.1) is 0 Å².